The fourth-order valence-corrected chi connectivity index (χ4v) is 1.70. The normalized spacial score (nSPS) is 12.5. The first-order valence-corrected chi connectivity index (χ1v) is 5.73. The second-order valence-corrected chi connectivity index (χ2v) is 3.83. The number of ether oxygens (including phenoxy) is 1. The van der Waals surface area contributed by atoms with Gasteiger partial charge in [0.2, 0.25) is 0 Å². The van der Waals surface area contributed by atoms with Crippen molar-refractivity contribution in [2.75, 3.05) is 6.61 Å². The van der Waals surface area contributed by atoms with E-state index >= 15 is 0 Å². The topological polar surface area (TPSA) is 35.2 Å². The molecule has 0 amide bonds. The molecule has 1 aromatic rings. The third-order valence-corrected chi connectivity index (χ3v) is 2.37. The molecule has 1 unspecified atom stereocenters. The van der Waals surface area contributed by atoms with E-state index in [0.717, 1.165) is 25.0 Å². The van der Waals surface area contributed by atoms with Gasteiger partial charge < -0.3 is 10.5 Å². The van der Waals surface area contributed by atoms with Crippen LogP contribution in [0.3, 0.4) is 0 Å². The Morgan fingerprint density at radius 3 is 2.80 bits per heavy atom. The summed E-state index contributed by atoms with van der Waals surface area (Å²) >= 11 is 0. The molecule has 84 valence electrons. The van der Waals surface area contributed by atoms with Gasteiger partial charge in [0.25, 0.3) is 0 Å². The highest BCUT2D eigenvalue weighted by molar-refractivity contribution is 5.29. The lowest BCUT2D eigenvalue weighted by Crippen LogP contribution is -2.22. The van der Waals surface area contributed by atoms with Crippen LogP contribution < -0.4 is 10.5 Å². The van der Waals surface area contributed by atoms with Crippen LogP contribution in [0.2, 0.25) is 0 Å². The van der Waals surface area contributed by atoms with Crippen LogP contribution in [-0.4, -0.2) is 12.6 Å². The summed E-state index contributed by atoms with van der Waals surface area (Å²) in [6.07, 6.45) is 3.17. The predicted octanol–water partition coefficient (Wildman–Crippen LogP) is 2.76. The fraction of sp³-hybridized carbons (Fsp3) is 0.538. The molecule has 1 atom stereocenters. The molecule has 2 heteroatoms. The standard InChI is InChI=1S/C13H21NO/c1-3-6-12(14)9-11-7-5-8-13(10-11)15-4-2/h5,7-8,10,12H,3-4,6,9,14H2,1-2H3. The summed E-state index contributed by atoms with van der Waals surface area (Å²) < 4.78 is 5.45. The molecule has 1 aromatic carbocycles. The van der Waals surface area contributed by atoms with E-state index in [4.69, 9.17) is 10.5 Å². The fourth-order valence-electron chi connectivity index (χ4n) is 1.70. The van der Waals surface area contributed by atoms with E-state index in [0.29, 0.717) is 6.61 Å². The molecule has 0 saturated carbocycles. The highest BCUT2D eigenvalue weighted by atomic mass is 16.5. The Labute approximate surface area is 92.4 Å². The highest BCUT2D eigenvalue weighted by Crippen LogP contribution is 2.15. The van der Waals surface area contributed by atoms with Gasteiger partial charge in [-0.05, 0) is 37.5 Å². The summed E-state index contributed by atoms with van der Waals surface area (Å²) in [5.74, 6) is 0.943. The minimum atomic E-state index is 0.270. The molecule has 0 spiro atoms. The van der Waals surface area contributed by atoms with E-state index in [2.05, 4.69) is 19.1 Å². The summed E-state index contributed by atoms with van der Waals surface area (Å²) in [4.78, 5) is 0. The predicted molar refractivity (Wildman–Crippen MR) is 64.2 cm³/mol. The van der Waals surface area contributed by atoms with Gasteiger partial charge in [0, 0.05) is 6.04 Å². The highest BCUT2D eigenvalue weighted by Gasteiger charge is 2.03. The minimum Gasteiger partial charge on any atom is -0.494 e. The largest absolute Gasteiger partial charge is 0.494 e. The molecule has 0 aliphatic heterocycles. The Hall–Kier alpha value is -1.02. The maximum Gasteiger partial charge on any atom is 0.119 e. The molecule has 0 aromatic heterocycles. The first-order chi connectivity index (χ1) is 7.26. The van der Waals surface area contributed by atoms with Gasteiger partial charge in [0.05, 0.1) is 6.61 Å². The van der Waals surface area contributed by atoms with E-state index in [-0.39, 0.29) is 6.04 Å². The molecular formula is C13H21NO. The Bertz CT molecular complexity index is 286. The van der Waals surface area contributed by atoms with Crippen LogP contribution in [0.1, 0.15) is 32.3 Å². The van der Waals surface area contributed by atoms with Crippen molar-refractivity contribution in [2.24, 2.45) is 5.73 Å². The average molecular weight is 207 g/mol. The van der Waals surface area contributed by atoms with E-state index < -0.39 is 0 Å². The lowest BCUT2D eigenvalue weighted by atomic mass is 10.0. The number of nitrogens with two attached hydrogens (primary N) is 1. The van der Waals surface area contributed by atoms with Crippen molar-refractivity contribution < 1.29 is 4.74 Å². The zero-order valence-corrected chi connectivity index (χ0v) is 9.70. The third kappa shape index (κ3) is 4.34. The van der Waals surface area contributed by atoms with E-state index in [1.165, 1.54) is 5.56 Å². The van der Waals surface area contributed by atoms with Crippen LogP contribution in [0.4, 0.5) is 0 Å². The lowest BCUT2D eigenvalue weighted by Gasteiger charge is -2.11. The molecule has 2 nitrogen and oxygen atoms in total. The third-order valence-electron chi connectivity index (χ3n) is 2.37. The number of rotatable bonds is 6. The molecule has 15 heavy (non-hydrogen) atoms. The van der Waals surface area contributed by atoms with Gasteiger partial charge in [-0.3, -0.25) is 0 Å². The van der Waals surface area contributed by atoms with E-state index in [1.807, 2.05) is 19.1 Å². The van der Waals surface area contributed by atoms with E-state index in [1.54, 1.807) is 0 Å². The van der Waals surface area contributed by atoms with Gasteiger partial charge >= 0.3 is 0 Å². The molecule has 0 fully saturated rings. The summed E-state index contributed by atoms with van der Waals surface area (Å²) in [6.45, 7) is 4.87. The summed E-state index contributed by atoms with van der Waals surface area (Å²) in [5.41, 5.74) is 7.27. The molecule has 0 aliphatic rings. The lowest BCUT2D eigenvalue weighted by molar-refractivity contribution is 0.340. The van der Waals surface area contributed by atoms with Gasteiger partial charge in [0.1, 0.15) is 5.75 Å². The molecular weight excluding hydrogens is 186 g/mol. The molecule has 0 heterocycles. The Morgan fingerprint density at radius 2 is 2.13 bits per heavy atom. The molecule has 0 bridgehead atoms. The summed E-state index contributed by atoms with van der Waals surface area (Å²) in [5, 5.41) is 0. The maximum atomic E-state index is 6.00. The van der Waals surface area contributed by atoms with Gasteiger partial charge in [-0.25, -0.2) is 0 Å². The monoisotopic (exact) mass is 207 g/mol. The van der Waals surface area contributed by atoms with Crippen molar-refractivity contribution >= 4 is 0 Å². The van der Waals surface area contributed by atoms with Crippen LogP contribution in [0.25, 0.3) is 0 Å². The Morgan fingerprint density at radius 1 is 1.33 bits per heavy atom. The Kier molecular flexibility index (Phi) is 5.19. The van der Waals surface area contributed by atoms with Crippen molar-refractivity contribution in [1.82, 2.24) is 0 Å². The maximum absolute atomic E-state index is 6.00. The molecule has 2 N–H and O–H groups in total. The zero-order valence-electron chi connectivity index (χ0n) is 9.70. The van der Waals surface area contributed by atoms with Crippen LogP contribution >= 0.6 is 0 Å². The Balaban J connectivity index is 2.56. The second kappa shape index (κ2) is 6.46. The van der Waals surface area contributed by atoms with Crippen molar-refractivity contribution in [3.05, 3.63) is 29.8 Å². The summed E-state index contributed by atoms with van der Waals surface area (Å²) in [7, 11) is 0. The van der Waals surface area contributed by atoms with Crippen molar-refractivity contribution in [3.8, 4) is 5.75 Å². The van der Waals surface area contributed by atoms with Crippen LogP contribution in [-0.2, 0) is 6.42 Å². The number of benzene rings is 1. The van der Waals surface area contributed by atoms with Crippen LogP contribution in [0, 0.1) is 0 Å². The van der Waals surface area contributed by atoms with Crippen LogP contribution in [0.15, 0.2) is 24.3 Å². The molecule has 0 radical (unpaired) electrons. The average Bonchev–Trinajstić information content (AvgIpc) is 2.19. The molecule has 1 rings (SSSR count). The van der Waals surface area contributed by atoms with Gasteiger partial charge in [0.15, 0.2) is 0 Å². The smallest absolute Gasteiger partial charge is 0.119 e. The van der Waals surface area contributed by atoms with Gasteiger partial charge in [-0.15, -0.1) is 0 Å². The van der Waals surface area contributed by atoms with Gasteiger partial charge in [-0.1, -0.05) is 25.5 Å². The van der Waals surface area contributed by atoms with Crippen molar-refractivity contribution in [3.63, 3.8) is 0 Å². The van der Waals surface area contributed by atoms with Crippen molar-refractivity contribution in [2.45, 2.75) is 39.2 Å². The molecule has 0 saturated heterocycles. The SMILES string of the molecule is CCCC(N)Cc1cccc(OCC)c1. The minimum absolute atomic E-state index is 0.270. The molecule has 0 aliphatic carbocycles. The van der Waals surface area contributed by atoms with Crippen LogP contribution in [0.5, 0.6) is 5.75 Å². The van der Waals surface area contributed by atoms with E-state index in [9.17, 15) is 0 Å². The van der Waals surface area contributed by atoms with Gasteiger partial charge in [-0.2, -0.15) is 0 Å². The first kappa shape index (κ1) is 12.1. The van der Waals surface area contributed by atoms with Crippen molar-refractivity contribution in [1.29, 1.82) is 0 Å². The number of hydrogen-bond acceptors (Lipinski definition) is 2. The zero-order chi connectivity index (χ0) is 11.1. The second-order valence-electron chi connectivity index (χ2n) is 3.83. The first-order valence-electron chi connectivity index (χ1n) is 5.73. The quantitative estimate of drug-likeness (QED) is 0.778. The summed E-state index contributed by atoms with van der Waals surface area (Å²) in [6, 6.07) is 8.47. The number of hydrogen-bond donors (Lipinski definition) is 1.